The minimum atomic E-state index is -0.344. The van der Waals surface area contributed by atoms with Gasteiger partial charge < -0.3 is 5.32 Å². The molecule has 5 nitrogen and oxygen atoms in total. The van der Waals surface area contributed by atoms with Crippen LogP contribution in [0.3, 0.4) is 0 Å². The highest BCUT2D eigenvalue weighted by Gasteiger charge is 2.21. The van der Waals surface area contributed by atoms with Crippen molar-refractivity contribution < 1.29 is 9.18 Å². The summed E-state index contributed by atoms with van der Waals surface area (Å²) < 4.78 is 16.0. The number of allylic oxidation sites excluding steroid dienone is 1. The molecular weight excluding hydrogens is 411 g/mol. The SMILES string of the molecule is C=CCn1c(SCCC(=O)NC2CCCc3ccccc32)nnc1-c1ccccc1F. The van der Waals surface area contributed by atoms with Gasteiger partial charge in [-0.05, 0) is 42.5 Å². The van der Waals surface area contributed by atoms with Crippen LogP contribution in [0.1, 0.15) is 36.4 Å². The first-order chi connectivity index (χ1) is 15.2. The molecule has 31 heavy (non-hydrogen) atoms. The molecule has 1 aliphatic carbocycles. The number of aromatic nitrogens is 3. The summed E-state index contributed by atoms with van der Waals surface area (Å²) in [6.07, 6.45) is 5.22. The standard InChI is InChI=1S/C24H25FN4OS/c1-2-15-29-23(19-11-5-6-12-20(19)25)27-28-24(29)31-16-14-22(30)26-21-13-7-9-17-8-3-4-10-18(17)21/h2-6,8,10-12,21H,1,7,9,13-16H2,(H,26,30). The second-order valence-corrected chi connectivity index (χ2v) is 8.56. The van der Waals surface area contributed by atoms with Crippen LogP contribution in [0.5, 0.6) is 0 Å². The molecule has 0 saturated carbocycles. The molecule has 1 amide bonds. The second kappa shape index (κ2) is 9.92. The van der Waals surface area contributed by atoms with Gasteiger partial charge in [0.05, 0.1) is 11.6 Å². The number of amides is 1. The number of hydrogen-bond donors (Lipinski definition) is 1. The maximum absolute atomic E-state index is 14.2. The molecule has 0 saturated heterocycles. The van der Waals surface area contributed by atoms with Crippen LogP contribution in [-0.2, 0) is 17.8 Å². The van der Waals surface area contributed by atoms with Crippen LogP contribution in [0.15, 0.2) is 66.3 Å². The number of nitrogens with one attached hydrogen (secondary N) is 1. The Bertz CT molecular complexity index is 1080. The third kappa shape index (κ3) is 4.88. The van der Waals surface area contributed by atoms with Crippen molar-refractivity contribution in [2.75, 3.05) is 5.75 Å². The van der Waals surface area contributed by atoms with Crippen LogP contribution in [0.4, 0.5) is 4.39 Å². The number of benzene rings is 2. The van der Waals surface area contributed by atoms with E-state index in [9.17, 15) is 9.18 Å². The van der Waals surface area contributed by atoms with E-state index in [4.69, 9.17) is 0 Å². The Morgan fingerprint density at radius 3 is 2.87 bits per heavy atom. The average Bonchev–Trinajstić information content (AvgIpc) is 3.17. The van der Waals surface area contributed by atoms with E-state index in [-0.39, 0.29) is 17.8 Å². The molecule has 4 rings (SSSR count). The van der Waals surface area contributed by atoms with Gasteiger partial charge in [-0.2, -0.15) is 0 Å². The molecule has 0 radical (unpaired) electrons. The van der Waals surface area contributed by atoms with Gasteiger partial charge in [-0.15, -0.1) is 16.8 Å². The Hall–Kier alpha value is -2.93. The molecule has 0 aliphatic heterocycles. The smallest absolute Gasteiger partial charge is 0.221 e. The van der Waals surface area contributed by atoms with Crippen LogP contribution in [-0.4, -0.2) is 26.4 Å². The first kappa shape index (κ1) is 21.3. The topological polar surface area (TPSA) is 59.8 Å². The van der Waals surface area contributed by atoms with Gasteiger partial charge in [0.2, 0.25) is 5.91 Å². The lowest BCUT2D eigenvalue weighted by Gasteiger charge is -2.26. The van der Waals surface area contributed by atoms with Gasteiger partial charge in [-0.1, -0.05) is 54.2 Å². The summed E-state index contributed by atoms with van der Waals surface area (Å²) in [5, 5.41) is 12.2. The van der Waals surface area contributed by atoms with E-state index >= 15 is 0 Å². The molecule has 7 heteroatoms. The van der Waals surface area contributed by atoms with E-state index < -0.39 is 0 Å². The summed E-state index contributed by atoms with van der Waals surface area (Å²) >= 11 is 1.44. The first-order valence-corrected chi connectivity index (χ1v) is 11.4. The number of rotatable bonds is 8. The predicted molar refractivity (Wildman–Crippen MR) is 121 cm³/mol. The van der Waals surface area contributed by atoms with E-state index in [0.29, 0.717) is 35.3 Å². The Morgan fingerprint density at radius 1 is 1.23 bits per heavy atom. The van der Waals surface area contributed by atoms with Gasteiger partial charge >= 0.3 is 0 Å². The Kier molecular flexibility index (Phi) is 6.82. The third-order valence-electron chi connectivity index (χ3n) is 5.41. The van der Waals surface area contributed by atoms with Crippen molar-refractivity contribution >= 4 is 17.7 Å². The summed E-state index contributed by atoms with van der Waals surface area (Å²) in [5.74, 6) is 0.707. The number of fused-ring (bicyclic) bond motifs is 1. The number of carbonyl (C=O) groups excluding carboxylic acids is 1. The molecule has 0 spiro atoms. The minimum absolute atomic E-state index is 0.0262. The highest BCUT2D eigenvalue weighted by Crippen LogP contribution is 2.30. The summed E-state index contributed by atoms with van der Waals surface area (Å²) in [6, 6.07) is 14.9. The second-order valence-electron chi connectivity index (χ2n) is 7.49. The fraction of sp³-hybridized carbons (Fsp3) is 0.292. The van der Waals surface area contributed by atoms with Crippen molar-refractivity contribution in [2.45, 2.75) is 43.4 Å². The van der Waals surface area contributed by atoms with E-state index in [2.05, 4.69) is 40.3 Å². The van der Waals surface area contributed by atoms with Gasteiger partial charge in [-0.3, -0.25) is 9.36 Å². The van der Waals surface area contributed by atoms with Gasteiger partial charge in [0, 0.05) is 18.7 Å². The zero-order valence-electron chi connectivity index (χ0n) is 17.3. The van der Waals surface area contributed by atoms with Crippen molar-refractivity contribution in [3.05, 3.63) is 78.1 Å². The first-order valence-electron chi connectivity index (χ1n) is 10.5. The molecule has 0 fully saturated rings. The number of nitrogens with zero attached hydrogens (tertiary/aromatic N) is 3. The Balaban J connectivity index is 1.38. The van der Waals surface area contributed by atoms with Crippen LogP contribution in [0.2, 0.25) is 0 Å². The lowest BCUT2D eigenvalue weighted by atomic mass is 9.88. The number of carbonyl (C=O) groups is 1. The van der Waals surface area contributed by atoms with Crippen molar-refractivity contribution in [1.29, 1.82) is 0 Å². The molecule has 1 atom stereocenters. The maximum atomic E-state index is 14.2. The quantitative estimate of drug-likeness (QED) is 0.401. The predicted octanol–water partition coefficient (Wildman–Crippen LogP) is 4.95. The number of aryl methyl sites for hydroxylation is 1. The summed E-state index contributed by atoms with van der Waals surface area (Å²) in [6.45, 7) is 4.24. The molecular formula is C24H25FN4OS. The van der Waals surface area contributed by atoms with Crippen LogP contribution < -0.4 is 5.32 Å². The lowest BCUT2D eigenvalue weighted by Crippen LogP contribution is -2.31. The number of halogens is 1. The van der Waals surface area contributed by atoms with E-state index in [0.717, 1.165) is 19.3 Å². The minimum Gasteiger partial charge on any atom is -0.349 e. The molecule has 1 heterocycles. The Labute approximate surface area is 185 Å². The van der Waals surface area contributed by atoms with E-state index in [1.807, 2.05) is 10.6 Å². The highest BCUT2D eigenvalue weighted by atomic mass is 32.2. The van der Waals surface area contributed by atoms with E-state index in [1.165, 1.54) is 29.0 Å². The molecule has 1 unspecified atom stereocenters. The third-order valence-corrected chi connectivity index (χ3v) is 6.38. The summed E-state index contributed by atoms with van der Waals surface area (Å²) in [4.78, 5) is 12.6. The summed E-state index contributed by atoms with van der Waals surface area (Å²) in [7, 11) is 0. The summed E-state index contributed by atoms with van der Waals surface area (Å²) in [5.41, 5.74) is 2.96. The average molecular weight is 437 g/mol. The van der Waals surface area contributed by atoms with Crippen LogP contribution >= 0.6 is 11.8 Å². The van der Waals surface area contributed by atoms with E-state index in [1.54, 1.807) is 24.3 Å². The zero-order chi connectivity index (χ0) is 21.6. The van der Waals surface area contributed by atoms with Crippen molar-refractivity contribution in [3.8, 4) is 11.4 Å². The number of hydrogen-bond acceptors (Lipinski definition) is 4. The molecule has 0 bridgehead atoms. The molecule has 2 aromatic carbocycles. The Morgan fingerprint density at radius 2 is 2.03 bits per heavy atom. The maximum Gasteiger partial charge on any atom is 0.221 e. The molecule has 160 valence electrons. The highest BCUT2D eigenvalue weighted by molar-refractivity contribution is 7.99. The lowest BCUT2D eigenvalue weighted by molar-refractivity contribution is -0.121. The largest absolute Gasteiger partial charge is 0.349 e. The van der Waals surface area contributed by atoms with Gasteiger partial charge in [0.15, 0.2) is 11.0 Å². The molecule has 1 N–H and O–H groups in total. The van der Waals surface area contributed by atoms with Gasteiger partial charge in [0.25, 0.3) is 0 Å². The zero-order valence-corrected chi connectivity index (χ0v) is 18.1. The molecule has 1 aromatic heterocycles. The molecule has 3 aromatic rings. The molecule has 1 aliphatic rings. The van der Waals surface area contributed by atoms with Crippen molar-refractivity contribution in [2.24, 2.45) is 0 Å². The van der Waals surface area contributed by atoms with Gasteiger partial charge in [-0.25, -0.2) is 4.39 Å². The normalized spacial score (nSPS) is 15.3. The van der Waals surface area contributed by atoms with Crippen LogP contribution in [0, 0.1) is 5.82 Å². The fourth-order valence-electron chi connectivity index (χ4n) is 3.94. The monoisotopic (exact) mass is 436 g/mol. The van der Waals surface area contributed by atoms with Crippen molar-refractivity contribution in [1.82, 2.24) is 20.1 Å². The fourth-order valence-corrected chi connectivity index (χ4v) is 4.82. The number of thioether (sulfide) groups is 1. The van der Waals surface area contributed by atoms with Crippen LogP contribution in [0.25, 0.3) is 11.4 Å². The van der Waals surface area contributed by atoms with Gasteiger partial charge in [0.1, 0.15) is 5.82 Å². The van der Waals surface area contributed by atoms with Crippen molar-refractivity contribution in [3.63, 3.8) is 0 Å².